The van der Waals surface area contributed by atoms with Gasteiger partial charge in [0.2, 0.25) is 0 Å². The number of hydrogen-bond acceptors (Lipinski definition) is 9. The summed E-state index contributed by atoms with van der Waals surface area (Å²) in [5.74, 6) is -0.325. The minimum Gasteiger partial charge on any atom is -0.496 e. The first-order valence-corrected chi connectivity index (χ1v) is 16.5. The van der Waals surface area contributed by atoms with Gasteiger partial charge in [0.05, 0.1) is 36.5 Å². The summed E-state index contributed by atoms with van der Waals surface area (Å²) in [6.45, 7) is 6.44. The lowest BCUT2D eigenvalue weighted by Crippen LogP contribution is -2.54. The van der Waals surface area contributed by atoms with E-state index < -0.39 is 35.6 Å². The van der Waals surface area contributed by atoms with Gasteiger partial charge in [-0.05, 0) is 82.0 Å². The van der Waals surface area contributed by atoms with Crippen molar-refractivity contribution in [1.29, 1.82) is 5.26 Å². The Hall–Kier alpha value is -5.22. The Kier molecular flexibility index (Phi) is 9.93. The molecule has 2 aromatic heterocycles. The number of anilines is 1. The normalized spacial score (nSPS) is 18.4. The van der Waals surface area contributed by atoms with Gasteiger partial charge in [0, 0.05) is 49.2 Å². The number of fused-ring (bicyclic) bond motifs is 1. The van der Waals surface area contributed by atoms with Crippen LogP contribution in [0.15, 0.2) is 53.1 Å². The summed E-state index contributed by atoms with van der Waals surface area (Å²) in [6.07, 6.45) is 1.18. The molecular weight excluding hydrogens is 648 g/mol. The van der Waals surface area contributed by atoms with E-state index in [0.29, 0.717) is 52.5 Å². The van der Waals surface area contributed by atoms with Crippen LogP contribution in [-0.4, -0.2) is 79.2 Å². The van der Waals surface area contributed by atoms with Crippen LogP contribution in [0.5, 0.6) is 5.75 Å². The first-order chi connectivity index (χ1) is 23.9. The third kappa shape index (κ3) is 7.50. The van der Waals surface area contributed by atoms with E-state index >= 15 is 8.78 Å². The van der Waals surface area contributed by atoms with Gasteiger partial charge >= 0.3 is 6.09 Å². The molecule has 4 aromatic rings. The van der Waals surface area contributed by atoms with Crippen LogP contribution in [0.25, 0.3) is 33.6 Å². The maximum atomic E-state index is 15.5. The number of nitrogens with zero attached hydrogens (tertiary/aromatic N) is 3. The maximum Gasteiger partial charge on any atom is 0.410 e. The number of nitrogens with one attached hydrogen (secondary N) is 2. The first kappa shape index (κ1) is 34.6. The monoisotopic (exact) mass is 687 g/mol. The number of halogens is 2. The smallest absolute Gasteiger partial charge is 0.410 e. The second-order valence-corrected chi connectivity index (χ2v) is 13.4. The zero-order valence-electron chi connectivity index (χ0n) is 28.3. The third-order valence-corrected chi connectivity index (χ3v) is 8.74. The summed E-state index contributed by atoms with van der Waals surface area (Å²) >= 11 is 0. The van der Waals surface area contributed by atoms with Crippen LogP contribution in [0.4, 0.5) is 19.3 Å². The Morgan fingerprint density at radius 1 is 1.08 bits per heavy atom. The average molecular weight is 688 g/mol. The van der Waals surface area contributed by atoms with Crippen molar-refractivity contribution in [3.63, 3.8) is 0 Å². The maximum absolute atomic E-state index is 15.5. The molecule has 4 heterocycles. The molecule has 2 aliphatic rings. The number of carbonyl (C=O) groups is 2. The molecule has 0 radical (unpaired) electrons. The SMILES string of the molecule is COc1cc(C(=O)NC2CCN(C(=O)OC(C)(C)C)CC2F)ccc1-c1cc2nccc(-c3cc(F)c(NC4CCOCC4)c(C#N)c3)c2o1. The van der Waals surface area contributed by atoms with Crippen LogP contribution in [0.3, 0.4) is 0 Å². The van der Waals surface area contributed by atoms with Crippen LogP contribution in [-0.2, 0) is 9.47 Å². The molecule has 13 heteroatoms. The van der Waals surface area contributed by atoms with Crippen molar-refractivity contribution in [2.75, 3.05) is 38.7 Å². The molecule has 2 saturated heterocycles. The van der Waals surface area contributed by atoms with E-state index in [1.165, 1.54) is 24.1 Å². The number of ether oxygens (including phenoxy) is 3. The summed E-state index contributed by atoms with van der Waals surface area (Å²) in [6, 6.07) is 12.5. The van der Waals surface area contributed by atoms with Crippen molar-refractivity contribution in [2.45, 2.75) is 63.9 Å². The highest BCUT2D eigenvalue weighted by atomic mass is 19.1. The number of piperidine rings is 1. The zero-order valence-corrected chi connectivity index (χ0v) is 28.3. The van der Waals surface area contributed by atoms with Crippen molar-refractivity contribution in [3.05, 3.63) is 65.6 Å². The van der Waals surface area contributed by atoms with Gasteiger partial charge in [0.15, 0.2) is 5.58 Å². The number of nitriles is 1. The standard InChI is InChI=1S/C37H39F2N5O6/c1-37(2,3)50-36(46)44-12-8-29(28(39)20-44)43-35(45)21-5-6-26(31(17-21)47-4)32-18-30-34(49-32)25(7-11-41-30)22-15-23(19-40)33(27(38)16-22)42-24-9-13-48-14-10-24/h5-7,11,15-18,24,28-29,42H,8-10,12-14,20H2,1-4H3,(H,43,45). The number of furan rings is 1. The molecule has 0 aliphatic carbocycles. The minimum absolute atomic E-state index is 0.00792. The van der Waals surface area contributed by atoms with E-state index in [4.69, 9.17) is 18.6 Å². The van der Waals surface area contributed by atoms with Crippen molar-refractivity contribution < 1.29 is 37.0 Å². The lowest BCUT2D eigenvalue weighted by atomic mass is 10.0. The average Bonchev–Trinajstić information content (AvgIpc) is 3.54. The molecule has 11 nitrogen and oxygen atoms in total. The minimum atomic E-state index is -1.48. The van der Waals surface area contributed by atoms with Crippen LogP contribution >= 0.6 is 0 Å². The highest BCUT2D eigenvalue weighted by Crippen LogP contribution is 2.39. The van der Waals surface area contributed by atoms with E-state index in [9.17, 15) is 14.9 Å². The van der Waals surface area contributed by atoms with Crippen LogP contribution in [0.1, 0.15) is 56.0 Å². The quantitative estimate of drug-likeness (QED) is 0.214. The number of methoxy groups -OCH3 is 1. The predicted molar refractivity (Wildman–Crippen MR) is 182 cm³/mol. The van der Waals surface area contributed by atoms with Gasteiger partial charge in [-0.3, -0.25) is 9.78 Å². The summed E-state index contributed by atoms with van der Waals surface area (Å²) in [7, 11) is 1.46. The molecule has 262 valence electrons. The van der Waals surface area contributed by atoms with Crippen molar-refractivity contribution in [2.24, 2.45) is 0 Å². The number of aromatic nitrogens is 1. The Morgan fingerprint density at radius 2 is 1.86 bits per heavy atom. The van der Waals surface area contributed by atoms with Gasteiger partial charge in [-0.25, -0.2) is 13.6 Å². The van der Waals surface area contributed by atoms with Gasteiger partial charge in [0.25, 0.3) is 5.91 Å². The largest absolute Gasteiger partial charge is 0.496 e. The summed E-state index contributed by atoms with van der Waals surface area (Å²) in [4.78, 5) is 31.3. The Morgan fingerprint density at radius 3 is 2.56 bits per heavy atom. The second kappa shape index (κ2) is 14.3. The van der Waals surface area contributed by atoms with Crippen molar-refractivity contribution in [3.8, 4) is 34.3 Å². The van der Waals surface area contributed by atoms with Crippen LogP contribution in [0.2, 0.25) is 0 Å². The molecule has 0 saturated carbocycles. The molecule has 2 fully saturated rings. The lowest BCUT2D eigenvalue weighted by Gasteiger charge is -2.35. The molecule has 0 bridgehead atoms. The number of pyridine rings is 1. The number of likely N-dealkylation sites (tertiary alicyclic amines) is 1. The van der Waals surface area contributed by atoms with Gasteiger partial charge in [0.1, 0.15) is 40.7 Å². The van der Waals surface area contributed by atoms with Crippen molar-refractivity contribution >= 4 is 28.8 Å². The summed E-state index contributed by atoms with van der Waals surface area (Å²) < 4.78 is 53.2. The number of benzene rings is 2. The molecule has 2 atom stereocenters. The molecular formula is C37H39F2N5O6. The second-order valence-electron chi connectivity index (χ2n) is 13.4. The highest BCUT2D eigenvalue weighted by Gasteiger charge is 2.35. The molecule has 2 unspecified atom stereocenters. The van der Waals surface area contributed by atoms with Crippen LogP contribution < -0.4 is 15.4 Å². The van der Waals surface area contributed by atoms with Gasteiger partial charge < -0.3 is 34.2 Å². The molecule has 50 heavy (non-hydrogen) atoms. The number of alkyl halides is 1. The Balaban J connectivity index is 1.21. The molecule has 6 rings (SSSR count). The Labute approximate surface area is 288 Å². The van der Waals surface area contributed by atoms with E-state index in [0.717, 1.165) is 12.8 Å². The van der Waals surface area contributed by atoms with E-state index in [1.54, 1.807) is 57.3 Å². The number of amides is 2. The molecule has 2 aliphatic heterocycles. The van der Waals surface area contributed by atoms with E-state index in [-0.39, 0.29) is 42.4 Å². The molecule has 2 aromatic carbocycles. The topological polar surface area (TPSA) is 139 Å². The third-order valence-electron chi connectivity index (χ3n) is 8.74. The van der Waals surface area contributed by atoms with Gasteiger partial charge in [-0.1, -0.05) is 0 Å². The fraction of sp³-hybridized carbons (Fsp3) is 0.405. The van der Waals surface area contributed by atoms with E-state index in [2.05, 4.69) is 21.7 Å². The van der Waals surface area contributed by atoms with E-state index in [1.807, 2.05) is 0 Å². The molecule has 0 spiro atoms. The molecule has 2 amide bonds. The Bertz CT molecular complexity index is 1950. The zero-order chi connectivity index (χ0) is 35.6. The fourth-order valence-electron chi connectivity index (χ4n) is 6.19. The first-order valence-electron chi connectivity index (χ1n) is 16.5. The fourth-order valence-corrected chi connectivity index (χ4v) is 6.19. The summed E-state index contributed by atoms with van der Waals surface area (Å²) in [5, 5.41) is 15.8. The van der Waals surface area contributed by atoms with Crippen molar-refractivity contribution in [1.82, 2.24) is 15.2 Å². The summed E-state index contributed by atoms with van der Waals surface area (Å²) in [5.41, 5.74) is 2.29. The van der Waals surface area contributed by atoms with Crippen LogP contribution in [0, 0.1) is 17.1 Å². The number of carbonyl (C=O) groups excluding carboxylic acids is 2. The number of rotatable bonds is 7. The molecule has 2 N–H and O–H groups in total. The van der Waals surface area contributed by atoms with Gasteiger partial charge in [-0.15, -0.1) is 0 Å². The number of hydrogen-bond donors (Lipinski definition) is 2. The highest BCUT2D eigenvalue weighted by molar-refractivity contribution is 5.97. The predicted octanol–water partition coefficient (Wildman–Crippen LogP) is 6.85. The lowest BCUT2D eigenvalue weighted by molar-refractivity contribution is 0.00971. The van der Waals surface area contributed by atoms with Gasteiger partial charge in [-0.2, -0.15) is 5.26 Å².